The number of hydrogen-bond acceptors (Lipinski definition) is 7. The summed E-state index contributed by atoms with van der Waals surface area (Å²) < 4.78 is 4.98. The van der Waals surface area contributed by atoms with Gasteiger partial charge in [0.1, 0.15) is 12.1 Å². The highest BCUT2D eigenvalue weighted by molar-refractivity contribution is 6.24. The number of carbonyl (C=O) groups excluding carboxylic acids is 4. The van der Waals surface area contributed by atoms with E-state index in [4.69, 9.17) is 4.74 Å². The number of para-hydroxylation sites is 1. The Morgan fingerprint density at radius 1 is 1.10 bits per heavy atom. The van der Waals surface area contributed by atoms with Crippen LogP contribution in [0.1, 0.15) is 36.8 Å². The molecule has 0 spiro atoms. The number of aromatic nitrogens is 1. The minimum atomic E-state index is -0.983. The van der Waals surface area contributed by atoms with E-state index in [2.05, 4.69) is 4.98 Å². The zero-order chi connectivity index (χ0) is 22.3. The Bertz CT molecular complexity index is 1290. The Kier molecular flexibility index (Phi) is 4.82. The van der Waals surface area contributed by atoms with E-state index >= 15 is 0 Å². The second-order valence-corrected chi connectivity index (χ2v) is 6.91. The molecule has 31 heavy (non-hydrogen) atoms. The molecule has 0 atom stereocenters. The van der Waals surface area contributed by atoms with Crippen LogP contribution >= 0.6 is 0 Å². The van der Waals surface area contributed by atoms with Crippen LogP contribution in [0.5, 0.6) is 0 Å². The number of hydrogen-bond donors (Lipinski definition) is 1. The van der Waals surface area contributed by atoms with Crippen LogP contribution < -0.4 is 0 Å². The van der Waals surface area contributed by atoms with Gasteiger partial charge in [-0.25, -0.2) is 0 Å². The number of esters is 1. The lowest BCUT2D eigenvalue weighted by atomic mass is 10.1. The molecule has 1 aromatic heterocycles. The largest absolute Gasteiger partial charge is 0.456 e. The van der Waals surface area contributed by atoms with E-state index in [1.807, 2.05) is 12.1 Å². The first-order valence-corrected chi connectivity index (χ1v) is 9.19. The van der Waals surface area contributed by atoms with Gasteiger partial charge >= 0.3 is 5.97 Å². The molecule has 0 unspecified atom stereocenters. The molecular formula is C21H15N3O7. The summed E-state index contributed by atoms with van der Waals surface area (Å²) in [6, 6.07) is 10.8. The number of fused-ring (bicyclic) bond motifs is 2. The monoisotopic (exact) mass is 421 g/mol. The number of benzene rings is 2. The zero-order valence-corrected chi connectivity index (χ0v) is 16.2. The third-order valence-electron chi connectivity index (χ3n) is 5.00. The van der Waals surface area contributed by atoms with Gasteiger partial charge in [-0.05, 0) is 19.1 Å². The highest BCUT2D eigenvalue weighted by Crippen LogP contribution is 2.30. The van der Waals surface area contributed by atoms with Crippen molar-refractivity contribution >= 4 is 40.2 Å². The lowest BCUT2D eigenvalue weighted by Crippen LogP contribution is -2.36. The third kappa shape index (κ3) is 3.33. The molecular weight excluding hydrogens is 406 g/mol. The fourth-order valence-corrected chi connectivity index (χ4v) is 3.64. The smallest absolute Gasteiger partial charge is 0.326 e. The molecule has 0 bridgehead atoms. The summed E-state index contributed by atoms with van der Waals surface area (Å²) in [5.41, 5.74) is 0.738. The van der Waals surface area contributed by atoms with E-state index in [-0.39, 0.29) is 11.1 Å². The molecule has 156 valence electrons. The summed E-state index contributed by atoms with van der Waals surface area (Å²) in [6.45, 7) is 0.384. The fourth-order valence-electron chi connectivity index (χ4n) is 3.64. The zero-order valence-electron chi connectivity index (χ0n) is 16.2. The van der Waals surface area contributed by atoms with Gasteiger partial charge in [0, 0.05) is 28.2 Å². The van der Waals surface area contributed by atoms with Gasteiger partial charge in [0.25, 0.3) is 17.5 Å². The number of aryl methyl sites for hydroxylation is 1. The minimum absolute atomic E-state index is 0.155. The molecule has 2 heterocycles. The molecule has 0 fully saturated rings. The number of nitro groups is 1. The molecule has 10 nitrogen and oxygen atoms in total. The average Bonchev–Trinajstić information content (AvgIpc) is 3.20. The van der Waals surface area contributed by atoms with Gasteiger partial charge in [-0.15, -0.1) is 0 Å². The molecule has 1 N–H and O–H groups in total. The van der Waals surface area contributed by atoms with Crippen LogP contribution in [0.15, 0.2) is 42.5 Å². The van der Waals surface area contributed by atoms with Crippen LogP contribution in [-0.4, -0.2) is 51.5 Å². The Balaban J connectivity index is 1.46. The molecule has 2 amide bonds. The number of Topliss-reactive ketones (excluding diaryl/α,β-unsaturated/α-hetero) is 1. The van der Waals surface area contributed by atoms with Crippen LogP contribution in [-0.2, 0) is 9.53 Å². The fraction of sp³-hybridized carbons (Fsp3) is 0.143. The minimum Gasteiger partial charge on any atom is -0.456 e. The molecule has 4 rings (SSSR count). The van der Waals surface area contributed by atoms with E-state index < -0.39 is 47.3 Å². The highest BCUT2D eigenvalue weighted by atomic mass is 16.6. The lowest BCUT2D eigenvalue weighted by molar-refractivity contribution is -0.385. The van der Waals surface area contributed by atoms with E-state index in [1.54, 1.807) is 19.1 Å². The predicted molar refractivity (Wildman–Crippen MR) is 107 cm³/mol. The summed E-state index contributed by atoms with van der Waals surface area (Å²) in [7, 11) is 0. The Morgan fingerprint density at radius 2 is 1.84 bits per heavy atom. The molecule has 0 saturated carbocycles. The first-order chi connectivity index (χ1) is 14.8. The van der Waals surface area contributed by atoms with Crippen molar-refractivity contribution in [3.8, 4) is 0 Å². The second-order valence-electron chi connectivity index (χ2n) is 6.91. The van der Waals surface area contributed by atoms with Crippen molar-refractivity contribution in [1.29, 1.82) is 0 Å². The molecule has 2 aromatic carbocycles. The maximum atomic E-state index is 12.6. The standard InChI is InChI=1S/C21H15N3O7/c1-11-18(12-5-2-3-7-14(12)22-11)16(25)10-31-17(26)9-23-20(27)13-6-4-8-15(24(29)30)19(13)21(23)28/h2-8,22H,9-10H2,1H3. The van der Waals surface area contributed by atoms with Gasteiger partial charge in [-0.1, -0.05) is 24.3 Å². The number of imide groups is 1. The number of nitrogens with zero attached hydrogens (tertiary/aromatic N) is 2. The topological polar surface area (TPSA) is 140 Å². The molecule has 1 aliphatic heterocycles. The van der Waals surface area contributed by atoms with E-state index in [1.165, 1.54) is 12.1 Å². The quantitative estimate of drug-likeness (QED) is 0.212. The summed E-state index contributed by atoms with van der Waals surface area (Å²) in [5.74, 6) is -3.22. The van der Waals surface area contributed by atoms with Gasteiger partial charge in [0.05, 0.1) is 10.5 Å². The Labute approximate surface area is 174 Å². The van der Waals surface area contributed by atoms with Gasteiger partial charge in [-0.3, -0.25) is 34.2 Å². The molecule has 0 radical (unpaired) electrons. The first-order valence-electron chi connectivity index (χ1n) is 9.19. The highest BCUT2D eigenvalue weighted by Gasteiger charge is 2.42. The number of aromatic amines is 1. The van der Waals surface area contributed by atoms with Crippen molar-refractivity contribution in [3.63, 3.8) is 0 Å². The van der Waals surface area contributed by atoms with Crippen LogP contribution in [0.25, 0.3) is 10.9 Å². The van der Waals surface area contributed by atoms with Crippen LogP contribution in [0.2, 0.25) is 0 Å². The second kappa shape index (κ2) is 7.48. The first kappa shape index (κ1) is 20.0. The predicted octanol–water partition coefficient (Wildman–Crippen LogP) is 2.41. The maximum Gasteiger partial charge on any atom is 0.326 e. The van der Waals surface area contributed by atoms with Gasteiger partial charge in [0.2, 0.25) is 5.78 Å². The van der Waals surface area contributed by atoms with E-state index in [9.17, 15) is 29.3 Å². The molecule has 3 aromatic rings. The van der Waals surface area contributed by atoms with Crippen LogP contribution in [0.3, 0.4) is 0 Å². The Hall–Kier alpha value is -4.34. The molecule has 0 saturated heterocycles. The number of H-pyrrole nitrogens is 1. The summed E-state index contributed by atoms with van der Waals surface area (Å²) in [5, 5.41) is 11.8. The summed E-state index contributed by atoms with van der Waals surface area (Å²) in [6.07, 6.45) is 0. The number of rotatable bonds is 6. The molecule has 10 heteroatoms. The molecule has 1 aliphatic rings. The SMILES string of the molecule is Cc1[nH]c2ccccc2c1C(=O)COC(=O)CN1C(=O)c2cccc([N+](=O)[O-])c2C1=O. The number of nitrogens with one attached hydrogen (secondary N) is 1. The normalized spacial score (nSPS) is 12.9. The number of carbonyl (C=O) groups is 4. The summed E-state index contributed by atoms with van der Waals surface area (Å²) >= 11 is 0. The van der Waals surface area contributed by atoms with Crippen molar-refractivity contribution < 1.29 is 28.8 Å². The lowest BCUT2D eigenvalue weighted by Gasteiger charge is -2.12. The van der Waals surface area contributed by atoms with Crippen molar-refractivity contribution in [2.24, 2.45) is 0 Å². The number of amides is 2. The number of ketones is 1. The third-order valence-corrected chi connectivity index (χ3v) is 5.00. The van der Waals surface area contributed by atoms with Crippen molar-refractivity contribution in [1.82, 2.24) is 9.88 Å². The Morgan fingerprint density at radius 3 is 2.58 bits per heavy atom. The van der Waals surface area contributed by atoms with Crippen LogP contribution in [0.4, 0.5) is 5.69 Å². The average molecular weight is 421 g/mol. The van der Waals surface area contributed by atoms with Crippen molar-refractivity contribution in [3.05, 3.63) is 75.0 Å². The number of nitro benzene ring substituents is 1. The van der Waals surface area contributed by atoms with Crippen molar-refractivity contribution in [2.45, 2.75) is 6.92 Å². The van der Waals surface area contributed by atoms with Crippen LogP contribution in [0, 0.1) is 17.0 Å². The number of ether oxygens (including phenoxy) is 1. The van der Waals surface area contributed by atoms with Gasteiger partial charge in [-0.2, -0.15) is 0 Å². The van der Waals surface area contributed by atoms with Gasteiger partial charge in [0.15, 0.2) is 6.61 Å². The van der Waals surface area contributed by atoms with E-state index in [0.717, 1.165) is 11.6 Å². The molecule has 0 aliphatic carbocycles. The van der Waals surface area contributed by atoms with Gasteiger partial charge < -0.3 is 9.72 Å². The maximum absolute atomic E-state index is 12.6. The summed E-state index contributed by atoms with van der Waals surface area (Å²) in [4.78, 5) is 63.8. The van der Waals surface area contributed by atoms with E-state index in [0.29, 0.717) is 21.5 Å². The van der Waals surface area contributed by atoms with Crippen molar-refractivity contribution in [2.75, 3.05) is 13.2 Å².